The molecule has 0 aliphatic heterocycles. The average Bonchev–Trinajstić information content (AvgIpc) is 3.13. The highest BCUT2D eigenvalue weighted by molar-refractivity contribution is 5.44. The standard InChI is InChI=1S/C19H28N2.C10H14.C8H10.C5H12.C2H4O.C2H6/c1-5-10-19(16(3)14-20)21(13-6-2)15-17(4)18-11-8-7-9-12-18;1-3-9(2)10-7-5-4-6-8-10;1-7-5-3-4-6-8(7)2;1-4-5(2)3;1-2-3;1-2/h7-9,11-12,17H,5-6,10,13,15H2,1-4H3;4-9H,3H2,1-2H3;3-6H,1-2H3;5H,4H2,1-3H3;2H,1H3;1-2H3/b19-16-;;;;;. The fourth-order valence-electron chi connectivity index (χ4n) is 4.39. The Hall–Kier alpha value is -3.64. The summed E-state index contributed by atoms with van der Waals surface area (Å²) in [7, 11) is 0. The van der Waals surface area contributed by atoms with Gasteiger partial charge >= 0.3 is 0 Å². The second kappa shape index (κ2) is 34.2. The molecule has 3 rings (SSSR count). The number of carbonyl (C=O) groups is 1. The molecule has 0 radical (unpaired) electrons. The van der Waals surface area contributed by atoms with E-state index in [4.69, 9.17) is 4.79 Å². The van der Waals surface area contributed by atoms with Gasteiger partial charge in [0.25, 0.3) is 0 Å². The van der Waals surface area contributed by atoms with Crippen LogP contribution in [0.3, 0.4) is 0 Å². The van der Waals surface area contributed by atoms with Crippen LogP contribution in [0, 0.1) is 31.1 Å². The fourth-order valence-corrected chi connectivity index (χ4v) is 4.39. The molecule has 0 aliphatic rings. The van der Waals surface area contributed by atoms with Crippen molar-refractivity contribution < 1.29 is 4.79 Å². The van der Waals surface area contributed by atoms with Crippen LogP contribution in [-0.4, -0.2) is 24.3 Å². The largest absolute Gasteiger partial charge is 0.373 e. The summed E-state index contributed by atoms with van der Waals surface area (Å²) < 4.78 is 0. The molecule has 3 aromatic carbocycles. The minimum atomic E-state index is 0.469. The van der Waals surface area contributed by atoms with Crippen molar-refractivity contribution in [2.45, 2.75) is 141 Å². The number of nitriles is 1. The van der Waals surface area contributed by atoms with Gasteiger partial charge in [0.15, 0.2) is 0 Å². The van der Waals surface area contributed by atoms with Gasteiger partial charge in [-0.05, 0) is 87.0 Å². The molecule has 3 nitrogen and oxygen atoms in total. The number of allylic oxidation sites excluding steroid dienone is 2. The van der Waals surface area contributed by atoms with E-state index in [0.29, 0.717) is 11.8 Å². The number of carbonyl (C=O) groups excluding carboxylic acids is 1. The highest BCUT2D eigenvalue weighted by Crippen LogP contribution is 2.23. The monoisotopic (exact) mass is 671 g/mol. The van der Waals surface area contributed by atoms with Crippen molar-refractivity contribution in [3.05, 3.63) is 118 Å². The third kappa shape index (κ3) is 26.0. The van der Waals surface area contributed by atoms with E-state index >= 15 is 0 Å². The first kappa shape index (κ1) is 49.7. The number of hydrogen-bond acceptors (Lipinski definition) is 3. The van der Waals surface area contributed by atoms with Gasteiger partial charge in [0, 0.05) is 24.4 Å². The third-order valence-corrected chi connectivity index (χ3v) is 8.05. The van der Waals surface area contributed by atoms with E-state index in [9.17, 15) is 5.26 Å². The number of hydrogen-bond donors (Lipinski definition) is 0. The van der Waals surface area contributed by atoms with Crippen molar-refractivity contribution in [2.75, 3.05) is 13.1 Å². The number of aryl methyl sites for hydroxylation is 2. The molecular formula is C46H74N2O. The second-order valence-corrected chi connectivity index (χ2v) is 12.5. The van der Waals surface area contributed by atoms with Crippen LogP contribution in [0.2, 0.25) is 0 Å². The summed E-state index contributed by atoms with van der Waals surface area (Å²) in [5.74, 6) is 2.06. The van der Waals surface area contributed by atoms with Gasteiger partial charge in [0.1, 0.15) is 6.29 Å². The summed E-state index contributed by atoms with van der Waals surface area (Å²) in [5.41, 5.74) is 7.64. The zero-order chi connectivity index (χ0) is 38.0. The third-order valence-electron chi connectivity index (χ3n) is 8.05. The zero-order valence-corrected chi connectivity index (χ0v) is 34.1. The van der Waals surface area contributed by atoms with E-state index in [1.807, 2.05) is 20.8 Å². The SMILES string of the molecule is CC.CC=O.CCC(C)C.CCC(C)c1ccccc1.CCC/C(=C(\C)C#N)N(CCC)CC(C)c1ccccc1.Cc1ccccc1C. The van der Waals surface area contributed by atoms with Crippen LogP contribution >= 0.6 is 0 Å². The van der Waals surface area contributed by atoms with Crippen molar-refractivity contribution in [3.8, 4) is 6.07 Å². The van der Waals surface area contributed by atoms with Gasteiger partial charge in [-0.3, -0.25) is 0 Å². The molecule has 3 aromatic rings. The van der Waals surface area contributed by atoms with Crippen LogP contribution in [0.25, 0.3) is 0 Å². The maximum Gasteiger partial charge on any atom is 0.116 e. The Labute approximate surface area is 304 Å². The van der Waals surface area contributed by atoms with Gasteiger partial charge in [-0.2, -0.15) is 5.26 Å². The van der Waals surface area contributed by atoms with Gasteiger partial charge < -0.3 is 9.69 Å². The predicted molar refractivity (Wildman–Crippen MR) is 219 cm³/mol. The maximum absolute atomic E-state index is 9.27. The minimum Gasteiger partial charge on any atom is -0.373 e. The summed E-state index contributed by atoms with van der Waals surface area (Å²) in [6.45, 7) is 31.4. The molecule has 0 spiro atoms. The molecule has 0 aliphatic carbocycles. The van der Waals surface area contributed by atoms with E-state index < -0.39 is 0 Å². The lowest BCUT2D eigenvalue weighted by molar-refractivity contribution is -0.106. The molecule has 0 N–H and O–H groups in total. The Kier molecular flexibility index (Phi) is 34.8. The Morgan fingerprint density at radius 3 is 1.41 bits per heavy atom. The van der Waals surface area contributed by atoms with Crippen LogP contribution in [0.15, 0.2) is 96.2 Å². The normalized spacial score (nSPS) is 11.2. The molecule has 49 heavy (non-hydrogen) atoms. The fraction of sp³-hybridized carbons (Fsp3) is 0.522. The van der Waals surface area contributed by atoms with Gasteiger partial charge in [-0.15, -0.1) is 0 Å². The topological polar surface area (TPSA) is 44.1 Å². The molecule has 0 heterocycles. The molecule has 3 heteroatoms. The summed E-state index contributed by atoms with van der Waals surface area (Å²) in [5, 5.41) is 9.27. The number of aldehydes is 1. The van der Waals surface area contributed by atoms with Crippen molar-refractivity contribution in [1.82, 2.24) is 4.90 Å². The predicted octanol–water partition coefficient (Wildman–Crippen LogP) is 13.9. The minimum absolute atomic E-state index is 0.469. The number of rotatable bonds is 11. The summed E-state index contributed by atoms with van der Waals surface area (Å²) >= 11 is 0. The van der Waals surface area contributed by atoms with Crippen LogP contribution in [-0.2, 0) is 4.79 Å². The molecule has 274 valence electrons. The molecule has 2 unspecified atom stereocenters. The molecule has 0 bridgehead atoms. The Morgan fingerprint density at radius 2 is 1.10 bits per heavy atom. The van der Waals surface area contributed by atoms with Crippen LogP contribution < -0.4 is 0 Å². The molecule has 0 amide bonds. The van der Waals surface area contributed by atoms with Crippen LogP contribution in [0.5, 0.6) is 0 Å². The summed E-state index contributed by atoms with van der Waals surface area (Å²) in [6, 6.07) is 32.0. The van der Waals surface area contributed by atoms with E-state index in [2.05, 4.69) is 165 Å². The van der Waals surface area contributed by atoms with Gasteiger partial charge in [-0.25, -0.2) is 0 Å². The van der Waals surface area contributed by atoms with E-state index in [1.165, 1.54) is 47.7 Å². The first-order chi connectivity index (χ1) is 23.5. The molecule has 2 atom stereocenters. The quantitative estimate of drug-likeness (QED) is 0.151. The highest BCUT2D eigenvalue weighted by Gasteiger charge is 2.16. The first-order valence-electron chi connectivity index (χ1n) is 18.8. The Balaban J connectivity index is -0.000000624. The summed E-state index contributed by atoms with van der Waals surface area (Å²) in [6.07, 6.45) is 6.45. The van der Waals surface area contributed by atoms with Crippen molar-refractivity contribution in [2.24, 2.45) is 5.92 Å². The van der Waals surface area contributed by atoms with Gasteiger partial charge in [0.05, 0.1) is 6.07 Å². The lowest BCUT2D eigenvalue weighted by Gasteiger charge is -2.31. The van der Waals surface area contributed by atoms with Crippen molar-refractivity contribution >= 4 is 6.29 Å². The molecule has 0 fully saturated rings. The first-order valence-corrected chi connectivity index (χ1v) is 18.8. The molecule has 0 saturated heterocycles. The average molecular weight is 671 g/mol. The lowest BCUT2D eigenvalue weighted by Crippen LogP contribution is -2.29. The van der Waals surface area contributed by atoms with E-state index in [-0.39, 0.29) is 0 Å². The molecular weight excluding hydrogens is 597 g/mol. The highest BCUT2D eigenvalue weighted by atomic mass is 16.1. The molecule has 0 saturated carbocycles. The number of nitrogens with zero attached hydrogens (tertiary/aromatic N) is 2. The van der Waals surface area contributed by atoms with Gasteiger partial charge in [0.2, 0.25) is 0 Å². The molecule has 0 aromatic heterocycles. The maximum atomic E-state index is 9.27. The van der Waals surface area contributed by atoms with Crippen molar-refractivity contribution in [3.63, 3.8) is 0 Å². The van der Waals surface area contributed by atoms with Crippen LogP contribution in [0.1, 0.15) is 149 Å². The Bertz CT molecular complexity index is 1200. The smallest absolute Gasteiger partial charge is 0.116 e. The summed E-state index contributed by atoms with van der Waals surface area (Å²) in [4.78, 5) is 11.2. The lowest BCUT2D eigenvalue weighted by atomic mass is 9.99. The zero-order valence-electron chi connectivity index (χ0n) is 34.1. The van der Waals surface area contributed by atoms with E-state index in [1.54, 1.807) is 0 Å². The second-order valence-electron chi connectivity index (χ2n) is 12.5. The van der Waals surface area contributed by atoms with Crippen molar-refractivity contribution in [1.29, 1.82) is 5.26 Å². The van der Waals surface area contributed by atoms with E-state index in [0.717, 1.165) is 50.1 Å². The Morgan fingerprint density at radius 1 is 0.714 bits per heavy atom. The van der Waals surface area contributed by atoms with Gasteiger partial charge in [-0.1, -0.05) is 167 Å². The number of benzene rings is 3. The van der Waals surface area contributed by atoms with Crippen LogP contribution in [0.4, 0.5) is 0 Å².